The van der Waals surface area contributed by atoms with Gasteiger partial charge in [0.05, 0.1) is 17.3 Å². The van der Waals surface area contributed by atoms with Gasteiger partial charge in [0.1, 0.15) is 17.2 Å². The highest BCUT2D eigenvalue weighted by Crippen LogP contribution is 2.26. The minimum atomic E-state index is -0.403. The summed E-state index contributed by atoms with van der Waals surface area (Å²) < 4.78 is 11.2. The van der Waals surface area contributed by atoms with E-state index in [4.69, 9.17) is 15.2 Å². The molecule has 1 aromatic carbocycles. The second-order valence-corrected chi connectivity index (χ2v) is 5.52. The fourth-order valence-corrected chi connectivity index (χ4v) is 2.80. The van der Waals surface area contributed by atoms with Crippen molar-refractivity contribution < 1.29 is 14.3 Å². The molecule has 0 fully saturated rings. The Morgan fingerprint density at radius 3 is 2.79 bits per heavy atom. The van der Waals surface area contributed by atoms with Crippen LogP contribution in [-0.2, 0) is 11.3 Å². The van der Waals surface area contributed by atoms with E-state index in [1.54, 1.807) is 18.6 Å². The molecular weight excluding hydrogens is 330 g/mol. The van der Waals surface area contributed by atoms with Crippen LogP contribution < -0.4 is 10.5 Å². The van der Waals surface area contributed by atoms with Crippen molar-refractivity contribution in [3.05, 3.63) is 44.6 Å². The molecule has 0 aliphatic rings. The highest BCUT2D eigenvalue weighted by molar-refractivity contribution is 9.10. The monoisotopic (exact) mass is 341 g/mol. The Morgan fingerprint density at radius 1 is 1.42 bits per heavy atom. The van der Waals surface area contributed by atoms with Crippen LogP contribution in [0.5, 0.6) is 5.75 Å². The minimum Gasteiger partial charge on any atom is -0.496 e. The van der Waals surface area contributed by atoms with Crippen LogP contribution in [0.25, 0.3) is 0 Å². The second kappa shape index (κ2) is 6.08. The average Bonchev–Trinajstić information content (AvgIpc) is 2.82. The Morgan fingerprint density at radius 2 is 2.21 bits per heavy atom. The molecule has 0 spiro atoms. The van der Waals surface area contributed by atoms with Crippen molar-refractivity contribution in [3.8, 4) is 5.75 Å². The van der Waals surface area contributed by atoms with E-state index in [0.717, 1.165) is 15.8 Å². The van der Waals surface area contributed by atoms with Gasteiger partial charge < -0.3 is 15.2 Å². The van der Waals surface area contributed by atoms with Gasteiger partial charge in [-0.3, -0.25) is 0 Å². The average molecular weight is 342 g/mol. The summed E-state index contributed by atoms with van der Waals surface area (Å²) in [5.41, 5.74) is 6.98. The predicted octanol–water partition coefficient (Wildman–Crippen LogP) is 3.46. The number of thiophene rings is 1. The first-order valence-electron chi connectivity index (χ1n) is 5.44. The molecule has 1 aromatic heterocycles. The number of carbonyl (C=O) groups is 1. The van der Waals surface area contributed by atoms with Gasteiger partial charge in [-0.05, 0) is 45.1 Å². The summed E-state index contributed by atoms with van der Waals surface area (Å²) in [7, 11) is 1.60. The maximum Gasteiger partial charge on any atom is 0.350 e. The highest BCUT2D eigenvalue weighted by Gasteiger charge is 2.13. The fourth-order valence-electron chi connectivity index (χ4n) is 1.50. The van der Waals surface area contributed by atoms with Crippen molar-refractivity contribution in [3.63, 3.8) is 0 Å². The first kappa shape index (κ1) is 13.9. The zero-order valence-corrected chi connectivity index (χ0v) is 12.6. The van der Waals surface area contributed by atoms with Crippen molar-refractivity contribution in [2.45, 2.75) is 6.61 Å². The normalized spacial score (nSPS) is 10.2. The van der Waals surface area contributed by atoms with E-state index in [0.29, 0.717) is 10.6 Å². The Bertz CT molecular complexity index is 597. The van der Waals surface area contributed by atoms with Crippen LogP contribution in [0.4, 0.5) is 5.69 Å². The third-order valence-electron chi connectivity index (χ3n) is 2.47. The number of benzene rings is 1. The van der Waals surface area contributed by atoms with Crippen LogP contribution in [0.1, 0.15) is 15.2 Å². The number of rotatable bonds is 4. The van der Waals surface area contributed by atoms with Crippen LogP contribution in [0.3, 0.4) is 0 Å². The molecule has 4 nitrogen and oxygen atoms in total. The summed E-state index contributed by atoms with van der Waals surface area (Å²) in [6.45, 7) is 0.193. The molecule has 0 radical (unpaired) electrons. The van der Waals surface area contributed by atoms with E-state index in [9.17, 15) is 4.79 Å². The maximum atomic E-state index is 11.8. The first-order valence-corrected chi connectivity index (χ1v) is 7.11. The lowest BCUT2D eigenvalue weighted by molar-refractivity contribution is 0.0479. The van der Waals surface area contributed by atoms with Crippen molar-refractivity contribution in [1.29, 1.82) is 0 Å². The quantitative estimate of drug-likeness (QED) is 0.865. The number of halogens is 1. The van der Waals surface area contributed by atoms with E-state index >= 15 is 0 Å². The Balaban J connectivity index is 2.01. The molecule has 2 aromatic rings. The summed E-state index contributed by atoms with van der Waals surface area (Å²) in [6, 6.07) is 7.19. The van der Waals surface area contributed by atoms with Gasteiger partial charge in [0.15, 0.2) is 0 Å². The molecule has 1 heterocycles. The van der Waals surface area contributed by atoms with E-state index in [2.05, 4.69) is 15.9 Å². The molecule has 0 bridgehead atoms. The predicted molar refractivity (Wildman–Crippen MR) is 78.5 cm³/mol. The largest absolute Gasteiger partial charge is 0.496 e. The van der Waals surface area contributed by atoms with Gasteiger partial charge in [-0.2, -0.15) is 0 Å². The van der Waals surface area contributed by atoms with Gasteiger partial charge in [0.2, 0.25) is 0 Å². The molecule has 19 heavy (non-hydrogen) atoms. The summed E-state index contributed by atoms with van der Waals surface area (Å²) in [6.07, 6.45) is 0. The van der Waals surface area contributed by atoms with E-state index in [1.165, 1.54) is 11.3 Å². The molecule has 0 atom stereocenters. The number of esters is 1. The van der Waals surface area contributed by atoms with Crippen LogP contribution in [0.15, 0.2) is 34.1 Å². The number of methoxy groups -OCH3 is 1. The number of ether oxygens (including phenoxy) is 2. The van der Waals surface area contributed by atoms with Crippen molar-refractivity contribution >= 4 is 38.9 Å². The van der Waals surface area contributed by atoms with Gasteiger partial charge >= 0.3 is 5.97 Å². The Hall–Kier alpha value is -1.53. The molecule has 6 heteroatoms. The third kappa shape index (κ3) is 3.27. The lowest BCUT2D eigenvalue weighted by atomic mass is 10.2. The van der Waals surface area contributed by atoms with Gasteiger partial charge in [0.25, 0.3) is 0 Å². The lowest BCUT2D eigenvalue weighted by Crippen LogP contribution is -2.05. The minimum absolute atomic E-state index is 0.193. The zero-order valence-electron chi connectivity index (χ0n) is 10.2. The van der Waals surface area contributed by atoms with E-state index < -0.39 is 5.97 Å². The van der Waals surface area contributed by atoms with Gasteiger partial charge in [-0.25, -0.2) is 4.79 Å². The lowest BCUT2D eigenvalue weighted by Gasteiger charge is -2.07. The molecule has 100 valence electrons. The second-order valence-electron chi connectivity index (χ2n) is 3.75. The van der Waals surface area contributed by atoms with Crippen molar-refractivity contribution in [2.75, 3.05) is 12.8 Å². The summed E-state index contributed by atoms with van der Waals surface area (Å²) in [5, 5.41) is 1.76. The number of anilines is 1. The number of hydrogen-bond acceptors (Lipinski definition) is 5. The molecule has 2 N–H and O–H groups in total. The number of hydrogen-bond donors (Lipinski definition) is 1. The molecule has 0 unspecified atom stereocenters. The Labute approximate surface area is 123 Å². The smallest absolute Gasteiger partial charge is 0.350 e. The first-order chi connectivity index (χ1) is 9.11. The van der Waals surface area contributed by atoms with Gasteiger partial charge in [-0.1, -0.05) is 6.07 Å². The van der Waals surface area contributed by atoms with Crippen molar-refractivity contribution in [2.24, 2.45) is 0 Å². The Kier molecular flexibility index (Phi) is 4.44. The standard InChI is InChI=1S/C13H12BrNO3S/c1-17-11-3-2-8(6-9(11)14)7-18-13(16)12-10(15)4-5-19-12/h2-6H,7,15H2,1H3. The maximum absolute atomic E-state index is 11.8. The zero-order chi connectivity index (χ0) is 13.8. The summed E-state index contributed by atoms with van der Waals surface area (Å²) >= 11 is 4.65. The van der Waals surface area contributed by atoms with Gasteiger partial charge in [0, 0.05) is 0 Å². The van der Waals surface area contributed by atoms with E-state index in [-0.39, 0.29) is 6.61 Å². The van der Waals surface area contributed by atoms with Gasteiger partial charge in [-0.15, -0.1) is 11.3 Å². The number of carbonyl (C=O) groups excluding carboxylic acids is 1. The highest BCUT2D eigenvalue weighted by atomic mass is 79.9. The number of nitrogen functional groups attached to an aromatic ring is 1. The van der Waals surface area contributed by atoms with Crippen molar-refractivity contribution in [1.82, 2.24) is 0 Å². The molecule has 0 aliphatic carbocycles. The number of nitrogens with two attached hydrogens (primary N) is 1. The molecule has 0 saturated heterocycles. The molecule has 2 rings (SSSR count). The SMILES string of the molecule is COc1ccc(COC(=O)c2sccc2N)cc1Br. The van der Waals surface area contributed by atoms with Crippen LogP contribution in [-0.4, -0.2) is 13.1 Å². The molecular formula is C13H12BrNO3S. The van der Waals surface area contributed by atoms with E-state index in [1.807, 2.05) is 18.2 Å². The molecule has 0 saturated carbocycles. The van der Waals surface area contributed by atoms with Crippen LogP contribution >= 0.6 is 27.3 Å². The van der Waals surface area contributed by atoms with Crippen LogP contribution in [0.2, 0.25) is 0 Å². The molecule has 0 amide bonds. The fraction of sp³-hybridized carbons (Fsp3) is 0.154. The summed E-state index contributed by atoms with van der Waals surface area (Å²) in [4.78, 5) is 12.2. The third-order valence-corrected chi connectivity index (χ3v) is 4.00. The topological polar surface area (TPSA) is 61.5 Å². The summed E-state index contributed by atoms with van der Waals surface area (Å²) in [5.74, 6) is 0.331. The molecule has 0 aliphatic heterocycles. The van der Waals surface area contributed by atoms with Crippen LogP contribution in [0, 0.1) is 0 Å².